The number of rotatable bonds is 3. The summed E-state index contributed by atoms with van der Waals surface area (Å²) in [5.41, 5.74) is 0.0701. The Kier molecular flexibility index (Phi) is 4.03. The Balaban J connectivity index is 2.13. The summed E-state index contributed by atoms with van der Waals surface area (Å²) < 4.78 is 0. The molecule has 100 valence electrons. The average molecular weight is 297 g/mol. The molecule has 1 fully saturated rings. The van der Waals surface area contributed by atoms with Gasteiger partial charge >= 0.3 is 0 Å². The second-order valence-corrected chi connectivity index (χ2v) is 5.71. The molecule has 0 radical (unpaired) electrons. The van der Waals surface area contributed by atoms with Crippen LogP contribution < -0.4 is 0 Å². The van der Waals surface area contributed by atoms with Crippen LogP contribution >= 0.6 is 23.2 Å². The molecular weight excluding hydrogens is 283 g/mol. The molecule has 2 rings (SSSR count). The zero-order valence-corrected chi connectivity index (χ0v) is 12.1. The Morgan fingerprint density at radius 1 is 1.47 bits per heavy atom. The summed E-state index contributed by atoms with van der Waals surface area (Å²) in [6.45, 7) is 0. The largest absolute Gasteiger partial charge is 0.327 e. The van der Waals surface area contributed by atoms with Gasteiger partial charge < -0.3 is 4.90 Å². The molecule has 1 aliphatic carbocycles. The van der Waals surface area contributed by atoms with Crippen LogP contribution in [0.2, 0.25) is 10.0 Å². The summed E-state index contributed by atoms with van der Waals surface area (Å²) in [7, 11) is 1.68. The number of nitriles is 1. The highest BCUT2D eigenvalue weighted by Gasteiger charge is 2.43. The minimum absolute atomic E-state index is 0.106. The number of benzene rings is 1. The quantitative estimate of drug-likeness (QED) is 0.857. The number of amides is 1. The Labute approximate surface area is 122 Å². The third-order valence-corrected chi connectivity index (χ3v) is 4.36. The molecule has 3 nitrogen and oxygen atoms in total. The van der Waals surface area contributed by atoms with Gasteiger partial charge in [-0.25, -0.2) is 0 Å². The molecule has 0 N–H and O–H groups in total. The van der Waals surface area contributed by atoms with Gasteiger partial charge in [0.25, 0.3) is 0 Å². The summed E-state index contributed by atoms with van der Waals surface area (Å²) in [6.07, 6.45) is 2.65. The molecule has 0 spiro atoms. The lowest BCUT2D eigenvalue weighted by Crippen LogP contribution is -2.53. The molecule has 0 heterocycles. The Morgan fingerprint density at radius 3 is 2.68 bits per heavy atom. The van der Waals surface area contributed by atoms with Crippen LogP contribution in [-0.4, -0.2) is 23.4 Å². The zero-order chi connectivity index (χ0) is 14.0. The lowest BCUT2D eigenvalue weighted by atomic mass is 9.76. The maximum Gasteiger partial charge on any atom is 0.228 e. The minimum Gasteiger partial charge on any atom is -0.327 e. The predicted molar refractivity (Wildman–Crippen MR) is 75.1 cm³/mol. The van der Waals surface area contributed by atoms with Crippen molar-refractivity contribution < 1.29 is 4.79 Å². The summed E-state index contributed by atoms with van der Waals surface area (Å²) in [5, 5.41) is 10.3. The maximum absolute atomic E-state index is 12.2. The standard InChI is InChI=1S/C14H14Cl2N2O/c1-18(14(9-17)5-2-6-14)13(19)8-10-7-11(15)3-4-12(10)16/h3-4,7H,2,5-6,8H2,1H3. The summed E-state index contributed by atoms with van der Waals surface area (Å²) in [5.74, 6) is -0.106. The van der Waals surface area contributed by atoms with Gasteiger partial charge in [0, 0.05) is 17.1 Å². The van der Waals surface area contributed by atoms with E-state index in [9.17, 15) is 10.1 Å². The Morgan fingerprint density at radius 2 is 2.16 bits per heavy atom. The van der Waals surface area contributed by atoms with Gasteiger partial charge in [-0.3, -0.25) is 4.79 Å². The first-order chi connectivity index (χ1) is 8.98. The van der Waals surface area contributed by atoms with Crippen molar-refractivity contribution in [1.29, 1.82) is 5.26 Å². The van der Waals surface area contributed by atoms with Crippen molar-refractivity contribution in [2.75, 3.05) is 7.05 Å². The summed E-state index contributed by atoms with van der Waals surface area (Å²) >= 11 is 11.9. The van der Waals surface area contributed by atoms with Crippen molar-refractivity contribution in [3.63, 3.8) is 0 Å². The second kappa shape index (κ2) is 5.40. The van der Waals surface area contributed by atoms with Crippen molar-refractivity contribution in [2.24, 2.45) is 0 Å². The molecule has 0 bridgehead atoms. The monoisotopic (exact) mass is 296 g/mol. The van der Waals surface area contributed by atoms with Crippen LogP contribution in [0.4, 0.5) is 0 Å². The number of hydrogen-bond donors (Lipinski definition) is 0. The summed E-state index contributed by atoms with van der Waals surface area (Å²) in [4.78, 5) is 13.8. The first-order valence-corrected chi connectivity index (χ1v) is 6.86. The fourth-order valence-electron chi connectivity index (χ4n) is 2.23. The fourth-order valence-corrected chi connectivity index (χ4v) is 2.61. The average Bonchev–Trinajstić information content (AvgIpc) is 2.33. The molecule has 1 aromatic carbocycles. The molecule has 1 aliphatic rings. The van der Waals surface area contributed by atoms with Crippen LogP contribution in [0.15, 0.2) is 18.2 Å². The van der Waals surface area contributed by atoms with Crippen molar-refractivity contribution >= 4 is 29.1 Å². The molecule has 1 amide bonds. The van der Waals surface area contributed by atoms with Crippen LogP contribution in [0.25, 0.3) is 0 Å². The van der Waals surface area contributed by atoms with Crippen LogP contribution in [0.5, 0.6) is 0 Å². The van der Waals surface area contributed by atoms with Crippen molar-refractivity contribution in [1.82, 2.24) is 4.90 Å². The highest BCUT2D eigenvalue weighted by molar-refractivity contribution is 6.33. The maximum atomic E-state index is 12.2. The first-order valence-electron chi connectivity index (χ1n) is 6.10. The van der Waals surface area contributed by atoms with Crippen LogP contribution in [-0.2, 0) is 11.2 Å². The minimum atomic E-state index is -0.623. The van der Waals surface area contributed by atoms with Gasteiger partial charge in [0.1, 0.15) is 5.54 Å². The van der Waals surface area contributed by atoms with Gasteiger partial charge in [-0.2, -0.15) is 5.26 Å². The second-order valence-electron chi connectivity index (χ2n) is 4.86. The lowest BCUT2D eigenvalue weighted by Gasteiger charge is -2.43. The number of halogens is 2. The van der Waals surface area contributed by atoms with Gasteiger partial charge in [0.2, 0.25) is 5.91 Å². The van der Waals surface area contributed by atoms with E-state index in [2.05, 4.69) is 6.07 Å². The van der Waals surface area contributed by atoms with E-state index in [1.54, 1.807) is 30.1 Å². The van der Waals surface area contributed by atoms with Gasteiger partial charge in [-0.15, -0.1) is 0 Å². The van der Waals surface area contributed by atoms with Crippen molar-refractivity contribution in [3.8, 4) is 6.07 Å². The van der Waals surface area contributed by atoms with E-state index in [-0.39, 0.29) is 12.3 Å². The SMILES string of the molecule is CN(C(=O)Cc1cc(Cl)ccc1Cl)C1(C#N)CCC1. The molecule has 0 aromatic heterocycles. The molecule has 1 aromatic rings. The van der Waals surface area contributed by atoms with Gasteiger partial charge in [0.05, 0.1) is 12.5 Å². The van der Waals surface area contributed by atoms with Gasteiger partial charge in [-0.05, 0) is 43.0 Å². The van der Waals surface area contributed by atoms with E-state index in [1.165, 1.54) is 0 Å². The fraction of sp³-hybridized carbons (Fsp3) is 0.429. The third-order valence-electron chi connectivity index (χ3n) is 3.75. The van der Waals surface area contributed by atoms with Crippen molar-refractivity contribution in [2.45, 2.75) is 31.2 Å². The Bertz CT molecular complexity index is 547. The molecule has 0 aliphatic heterocycles. The van der Waals surface area contributed by atoms with Gasteiger partial charge in [-0.1, -0.05) is 23.2 Å². The van der Waals surface area contributed by atoms with Crippen LogP contribution in [0.3, 0.4) is 0 Å². The van der Waals surface area contributed by atoms with Crippen molar-refractivity contribution in [3.05, 3.63) is 33.8 Å². The normalized spacial score (nSPS) is 16.3. The van der Waals surface area contributed by atoms with Crippen LogP contribution in [0, 0.1) is 11.3 Å². The smallest absolute Gasteiger partial charge is 0.228 e. The molecule has 0 saturated heterocycles. The lowest BCUT2D eigenvalue weighted by molar-refractivity contribution is -0.135. The Hall–Kier alpha value is -1.24. The predicted octanol–water partition coefficient (Wildman–Crippen LogP) is 3.44. The van der Waals surface area contributed by atoms with E-state index in [0.29, 0.717) is 15.6 Å². The topological polar surface area (TPSA) is 44.1 Å². The molecule has 0 unspecified atom stereocenters. The van der Waals surface area contributed by atoms with E-state index < -0.39 is 5.54 Å². The number of likely N-dealkylation sites (N-methyl/N-ethyl adjacent to an activating group) is 1. The van der Waals surface area contributed by atoms with E-state index in [4.69, 9.17) is 23.2 Å². The highest BCUT2D eigenvalue weighted by atomic mass is 35.5. The van der Waals surface area contributed by atoms with E-state index in [0.717, 1.165) is 19.3 Å². The van der Waals surface area contributed by atoms with Crippen LogP contribution in [0.1, 0.15) is 24.8 Å². The molecule has 19 heavy (non-hydrogen) atoms. The molecule has 1 saturated carbocycles. The number of hydrogen-bond acceptors (Lipinski definition) is 2. The highest BCUT2D eigenvalue weighted by Crippen LogP contribution is 2.36. The molecule has 0 atom stereocenters. The third kappa shape index (κ3) is 2.70. The summed E-state index contributed by atoms with van der Waals surface area (Å²) in [6, 6.07) is 7.30. The number of carbonyl (C=O) groups excluding carboxylic acids is 1. The number of carbonyl (C=O) groups is 1. The molecule has 5 heteroatoms. The van der Waals surface area contributed by atoms with Gasteiger partial charge in [0.15, 0.2) is 0 Å². The number of nitrogens with zero attached hydrogens (tertiary/aromatic N) is 2. The molecular formula is C14H14Cl2N2O. The zero-order valence-electron chi connectivity index (χ0n) is 10.6. The van der Waals surface area contributed by atoms with E-state index >= 15 is 0 Å². The first kappa shape index (κ1) is 14.2. The van der Waals surface area contributed by atoms with E-state index in [1.807, 2.05) is 0 Å².